The zero-order valence-electron chi connectivity index (χ0n) is 15.6. The third-order valence-electron chi connectivity index (χ3n) is 4.38. The van der Waals surface area contributed by atoms with Gasteiger partial charge >= 0.3 is 35.8 Å². The Labute approximate surface area is 186 Å². The molecule has 1 atom stereocenters. The van der Waals surface area contributed by atoms with Crippen molar-refractivity contribution < 1.29 is 57.8 Å². The molecule has 2 rings (SSSR count). The standard InChI is InChI=1S/C19H10BrF11O2/c20-14(11-7-3-1-4-8-11,13(32)33-12-9-5-2-6-10-12)15(21,22)16(23,24)17(25,26)18(27,28)19(29,30)31/h1-10H. The second-order valence-corrected chi connectivity index (χ2v) is 7.71. The molecule has 0 aliphatic rings. The number of rotatable bonds is 7. The van der Waals surface area contributed by atoms with E-state index in [1.54, 1.807) is 0 Å². The summed E-state index contributed by atoms with van der Waals surface area (Å²) in [5, 5.41) is 0. The minimum Gasteiger partial charge on any atom is -0.425 e. The number of hydrogen-bond acceptors (Lipinski definition) is 2. The van der Waals surface area contributed by atoms with Gasteiger partial charge in [0, 0.05) is 0 Å². The fourth-order valence-corrected chi connectivity index (χ4v) is 3.14. The van der Waals surface area contributed by atoms with Crippen LogP contribution < -0.4 is 4.74 Å². The maximum absolute atomic E-state index is 15.0. The monoisotopic (exact) mass is 558 g/mol. The van der Waals surface area contributed by atoms with Crippen LogP contribution in [-0.4, -0.2) is 35.8 Å². The molecule has 0 spiro atoms. The van der Waals surface area contributed by atoms with Crippen LogP contribution in [0.4, 0.5) is 48.3 Å². The van der Waals surface area contributed by atoms with Crippen molar-refractivity contribution in [3.8, 4) is 5.75 Å². The molecular weight excluding hydrogens is 549 g/mol. The summed E-state index contributed by atoms with van der Waals surface area (Å²) in [5.74, 6) is -32.3. The SMILES string of the molecule is O=C(Oc1ccccc1)C(Br)(c1ccccc1)C(F)(F)C(F)(F)C(F)(F)C(F)(F)C(F)(F)F. The molecular formula is C19H10BrF11O2. The van der Waals surface area contributed by atoms with E-state index in [0.29, 0.717) is 12.1 Å². The van der Waals surface area contributed by atoms with Crippen LogP contribution in [0.3, 0.4) is 0 Å². The number of hydrogen-bond donors (Lipinski definition) is 0. The van der Waals surface area contributed by atoms with E-state index in [9.17, 15) is 44.3 Å². The molecule has 0 saturated carbocycles. The second-order valence-electron chi connectivity index (χ2n) is 6.52. The zero-order valence-corrected chi connectivity index (χ0v) is 17.2. The Morgan fingerprint density at radius 1 is 0.606 bits per heavy atom. The Bertz CT molecular complexity index is 978. The number of ether oxygens (including phenoxy) is 1. The van der Waals surface area contributed by atoms with Gasteiger partial charge in [0.05, 0.1) is 0 Å². The first-order valence-electron chi connectivity index (χ1n) is 8.45. The summed E-state index contributed by atoms with van der Waals surface area (Å²) in [4.78, 5) is 12.6. The molecule has 0 radical (unpaired) electrons. The maximum atomic E-state index is 15.0. The lowest BCUT2D eigenvalue weighted by atomic mass is 9.84. The molecule has 0 aliphatic carbocycles. The molecule has 0 aliphatic heterocycles. The van der Waals surface area contributed by atoms with Crippen LogP contribution >= 0.6 is 15.9 Å². The lowest BCUT2D eigenvalue weighted by molar-refractivity contribution is -0.424. The number of benzene rings is 2. The third kappa shape index (κ3) is 4.06. The predicted octanol–water partition coefficient (Wildman–Crippen LogP) is 6.99. The Hall–Kier alpha value is -2.38. The van der Waals surface area contributed by atoms with Crippen LogP contribution in [-0.2, 0) is 9.12 Å². The summed E-state index contributed by atoms with van der Waals surface area (Å²) in [6.07, 6.45) is -7.33. The van der Waals surface area contributed by atoms with Crippen LogP contribution in [0.1, 0.15) is 5.56 Å². The first-order chi connectivity index (χ1) is 14.9. The first kappa shape index (κ1) is 26.9. The molecule has 2 aromatic rings. The number of carbonyl (C=O) groups is 1. The molecule has 0 fully saturated rings. The summed E-state index contributed by atoms with van der Waals surface area (Å²) in [5.41, 5.74) is -1.19. The van der Waals surface area contributed by atoms with E-state index in [0.717, 1.165) is 30.3 Å². The van der Waals surface area contributed by atoms with E-state index in [-0.39, 0.29) is 0 Å². The van der Waals surface area contributed by atoms with E-state index >= 15 is 8.78 Å². The minimum absolute atomic E-state index is 0.547. The molecule has 0 N–H and O–H groups in total. The molecule has 0 aromatic heterocycles. The van der Waals surface area contributed by atoms with Gasteiger partial charge in [-0.15, -0.1) is 0 Å². The smallest absolute Gasteiger partial charge is 0.425 e. The number of halogens is 12. The zero-order chi connectivity index (χ0) is 25.5. The van der Waals surface area contributed by atoms with Gasteiger partial charge in [0.1, 0.15) is 5.75 Å². The Morgan fingerprint density at radius 3 is 1.42 bits per heavy atom. The van der Waals surface area contributed by atoms with E-state index < -0.39 is 51.5 Å². The largest absolute Gasteiger partial charge is 0.460 e. The molecule has 0 bridgehead atoms. The molecule has 1 unspecified atom stereocenters. The van der Waals surface area contributed by atoms with Crippen molar-refractivity contribution in [3.63, 3.8) is 0 Å². The number of esters is 1. The lowest BCUT2D eigenvalue weighted by Gasteiger charge is -2.42. The van der Waals surface area contributed by atoms with Crippen molar-refractivity contribution in [1.82, 2.24) is 0 Å². The van der Waals surface area contributed by atoms with Crippen molar-refractivity contribution in [3.05, 3.63) is 66.2 Å². The summed E-state index contributed by atoms with van der Waals surface area (Å²) < 4.78 is 150. The van der Waals surface area contributed by atoms with Crippen LogP contribution in [0, 0.1) is 0 Å². The average molecular weight is 559 g/mol. The lowest BCUT2D eigenvalue weighted by Crippen LogP contribution is -2.71. The molecule has 2 aromatic carbocycles. The number of para-hydroxylation sites is 1. The highest BCUT2D eigenvalue weighted by Gasteiger charge is 2.90. The number of alkyl halides is 12. The van der Waals surface area contributed by atoms with Crippen molar-refractivity contribution >= 4 is 21.9 Å². The molecule has 2 nitrogen and oxygen atoms in total. The van der Waals surface area contributed by atoms with Gasteiger partial charge in [-0.1, -0.05) is 64.5 Å². The fourth-order valence-electron chi connectivity index (χ4n) is 2.55. The van der Waals surface area contributed by atoms with Gasteiger partial charge in [-0.3, -0.25) is 0 Å². The molecule has 0 saturated heterocycles. The van der Waals surface area contributed by atoms with Gasteiger partial charge in [-0.25, -0.2) is 4.79 Å². The van der Waals surface area contributed by atoms with Gasteiger partial charge in [0.25, 0.3) is 0 Å². The summed E-state index contributed by atoms with van der Waals surface area (Å²) in [6, 6.07) is 9.70. The topological polar surface area (TPSA) is 26.3 Å². The Kier molecular flexibility index (Phi) is 6.87. The highest BCUT2D eigenvalue weighted by molar-refractivity contribution is 9.10. The van der Waals surface area contributed by atoms with Crippen molar-refractivity contribution in [2.24, 2.45) is 0 Å². The normalized spacial score (nSPS) is 15.6. The molecule has 0 amide bonds. The van der Waals surface area contributed by atoms with Gasteiger partial charge < -0.3 is 4.74 Å². The average Bonchev–Trinajstić information content (AvgIpc) is 2.73. The van der Waals surface area contributed by atoms with Crippen molar-refractivity contribution in [2.75, 3.05) is 0 Å². The highest BCUT2D eigenvalue weighted by atomic mass is 79.9. The van der Waals surface area contributed by atoms with Crippen LogP contribution in [0.15, 0.2) is 60.7 Å². The highest BCUT2D eigenvalue weighted by Crippen LogP contribution is 2.63. The van der Waals surface area contributed by atoms with Crippen molar-refractivity contribution in [2.45, 2.75) is 34.2 Å². The molecule has 33 heavy (non-hydrogen) atoms. The minimum atomic E-state index is -7.69. The quantitative estimate of drug-likeness (QED) is 0.158. The number of carbonyl (C=O) groups excluding carboxylic acids is 1. The van der Waals surface area contributed by atoms with Gasteiger partial charge in [-0.05, 0) is 17.7 Å². The van der Waals surface area contributed by atoms with Crippen LogP contribution in [0.2, 0.25) is 0 Å². The molecule has 182 valence electrons. The van der Waals surface area contributed by atoms with Gasteiger partial charge in [0.15, 0.2) is 0 Å². The van der Waals surface area contributed by atoms with Crippen LogP contribution in [0.25, 0.3) is 0 Å². The maximum Gasteiger partial charge on any atom is 0.460 e. The van der Waals surface area contributed by atoms with Crippen LogP contribution in [0.5, 0.6) is 5.75 Å². The van der Waals surface area contributed by atoms with E-state index in [4.69, 9.17) is 0 Å². The third-order valence-corrected chi connectivity index (χ3v) is 5.66. The molecule has 0 heterocycles. The molecule has 14 heteroatoms. The predicted molar refractivity (Wildman–Crippen MR) is 95.0 cm³/mol. The van der Waals surface area contributed by atoms with E-state index in [1.165, 1.54) is 18.2 Å². The summed E-state index contributed by atoms with van der Waals surface area (Å²) >= 11 is 1.92. The van der Waals surface area contributed by atoms with Gasteiger partial charge in [0.2, 0.25) is 4.32 Å². The summed E-state index contributed by atoms with van der Waals surface area (Å²) in [7, 11) is 0. The van der Waals surface area contributed by atoms with E-state index in [2.05, 4.69) is 4.74 Å². The fraction of sp³-hybridized carbons (Fsp3) is 0.316. The Balaban J connectivity index is 2.73. The van der Waals surface area contributed by atoms with Gasteiger partial charge in [-0.2, -0.15) is 48.3 Å². The van der Waals surface area contributed by atoms with E-state index in [1.807, 2.05) is 15.9 Å². The second kappa shape index (κ2) is 8.44. The van der Waals surface area contributed by atoms with Crippen molar-refractivity contribution in [1.29, 1.82) is 0 Å². The first-order valence-corrected chi connectivity index (χ1v) is 9.24. The summed E-state index contributed by atoms with van der Waals surface area (Å²) in [6.45, 7) is 0. The Morgan fingerprint density at radius 2 is 1.00 bits per heavy atom.